The number of aliphatic hydroxyl groups is 1. The summed E-state index contributed by atoms with van der Waals surface area (Å²) in [6.07, 6.45) is 3.24. The third kappa shape index (κ3) is 2.06. The van der Waals surface area contributed by atoms with Crippen LogP contribution in [0.25, 0.3) is 10.9 Å². The van der Waals surface area contributed by atoms with E-state index in [0.717, 1.165) is 42.1 Å². The smallest absolute Gasteiger partial charge is 0.251 e. The number of para-hydroxylation sites is 1. The number of hydrogen-bond donors (Lipinski definition) is 2. The monoisotopic (exact) mass is 243 g/mol. The number of nitrogens with one attached hydrogen (secondary N) is 1. The lowest BCUT2D eigenvalue weighted by Crippen LogP contribution is -2.22. The molecule has 0 amide bonds. The van der Waals surface area contributed by atoms with Gasteiger partial charge in [0.25, 0.3) is 5.56 Å². The number of pyridine rings is 1. The summed E-state index contributed by atoms with van der Waals surface area (Å²) in [7, 11) is 0. The predicted molar refractivity (Wildman–Crippen MR) is 71.8 cm³/mol. The van der Waals surface area contributed by atoms with Gasteiger partial charge >= 0.3 is 0 Å². The minimum absolute atomic E-state index is 0.0232. The number of hydrogen-bond acceptors (Lipinski definition) is 2. The van der Waals surface area contributed by atoms with E-state index in [0.29, 0.717) is 5.92 Å². The molecule has 18 heavy (non-hydrogen) atoms. The van der Waals surface area contributed by atoms with Crippen molar-refractivity contribution in [3.8, 4) is 0 Å². The fourth-order valence-electron chi connectivity index (χ4n) is 2.85. The molecule has 3 nitrogen and oxygen atoms in total. The van der Waals surface area contributed by atoms with Crippen LogP contribution in [0.5, 0.6) is 0 Å². The highest BCUT2D eigenvalue weighted by Crippen LogP contribution is 2.31. The van der Waals surface area contributed by atoms with Crippen molar-refractivity contribution in [3.63, 3.8) is 0 Å². The van der Waals surface area contributed by atoms with Crippen LogP contribution in [0.2, 0.25) is 0 Å². The van der Waals surface area contributed by atoms with Crippen LogP contribution >= 0.6 is 0 Å². The first-order chi connectivity index (χ1) is 8.74. The molecule has 3 heteroatoms. The van der Waals surface area contributed by atoms with E-state index in [-0.39, 0.29) is 11.7 Å². The first-order valence-electron chi connectivity index (χ1n) is 6.54. The summed E-state index contributed by atoms with van der Waals surface area (Å²) in [6, 6.07) is 9.86. The highest BCUT2D eigenvalue weighted by Gasteiger charge is 2.22. The van der Waals surface area contributed by atoms with E-state index in [9.17, 15) is 9.90 Å². The topological polar surface area (TPSA) is 53.1 Å². The van der Waals surface area contributed by atoms with Gasteiger partial charge in [-0.2, -0.15) is 0 Å². The Morgan fingerprint density at radius 1 is 1.11 bits per heavy atom. The van der Waals surface area contributed by atoms with Crippen molar-refractivity contribution in [2.24, 2.45) is 0 Å². The highest BCUT2D eigenvalue weighted by atomic mass is 16.3. The quantitative estimate of drug-likeness (QED) is 0.808. The molecule has 0 spiro atoms. The zero-order chi connectivity index (χ0) is 12.5. The third-order valence-corrected chi connectivity index (χ3v) is 3.92. The van der Waals surface area contributed by atoms with E-state index in [1.54, 1.807) is 0 Å². The SMILES string of the molecule is O=c1[nH]c2ccccc2cc1C1CCC(O)CC1. The maximum Gasteiger partial charge on any atom is 0.251 e. The Morgan fingerprint density at radius 2 is 1.83 bits per heavy atom. The average molecular weight is 243 g/mol. The zero-order valence-corrected chi connectivity index (χ0v) is 10.2. The van der Waals surface area contributed by atoms with E-state index in [1.165, 1.54) is 0 Å². The lowest BCUT2D eigenvalue weighted by molar-refractivity contribution is 0.122. The lowest BCUT2D eigenvalue weighted by Gasteiger charge is -2.25. The number of H-pyrrole nitrogens is 1. The van der Waals surface area contributed by atoms with Gasteiger partial charge in [0.1, 0.15) is 0 Å². The van der Waals surface area contributed by atoms with Gasteiger partial charge in [-0.15, -0.1) is 0 Å². The van der Waals surface area contributed by atoms with Crippen LogP contribution in [0, 0.1) is 0 Å². The molecule has 94 valence electrons. The molecule has 2 aromatic rings. The molecule has 0 aliphatic heterocycles. The molecule has 1 aromatic heterocycles. The summed E-state index contributed by atoms with van der Waals surface area (Å²) < 4.78 is 0. The molecule has 1 aliphatic rings. The van der Waals surface area contributed by atoms with E-state index >= 15 is 0 Å². The molecule has 0 unspecified atom stereocenters. The Kier molecular flexibility index (Phi) is 2.92. The summed E-state index contributed by atoms with van der Waals surface area (Å²) in [5, 5.41) is 10.6. The first kappa shape index (κ1) is 11.5. The summed E-state index contributed by atoms with van der Waals surface area (Å²) in [5.41, 5.74) is 1.79. The molecule has 1 fully saturated rings. The van der Waals surface area contributed by atoms with Crippen LogP contribution in [0.3, 0.4) is 0 Å². The van der Waals surface area contributed by atoms with Crippen molar-refractivity contribution in [2.45, 2.75) is 37.7 Å². The predicted octanol–water partition coefficient (Wildman–Crippen LogP) is 2.55. The number of aromatic amines is 1. The first-order valence-corrected chi connectivity index (χ1v) is 6.54. The Morgan fingerprint density at radius 3 is 2.61 bits per heavy atom. The van der Waals surface area contributed by atoms with Crippen LogP contribution in [0.4, 0.5) is 0 Å². The molecule has 1 aromatic carbocycles. The third-order valence-electron chi connectivity index (χ3n) is 3.92. The average Bonchev–Trinajstić information content (AvgIpc) is 2.39. The summed E-state index contributed by atoms with van der Waals surface area (Å²) in [6.45, 7) is 0. The van der Waals surface area contributed by atoms with E-state index in [1.807, 2.05) is 30.3 Å². The second kappa shape index (κ2) is 4.58. The van der Waals surface area contributed by atoms with Crippen molar-refractivity contribution in [1.29, 1.82) is 0 Å². The van der Waals surface area contributed by atoms with Crippen molar-refractivity contribution in [3.05, 3.63) is 46.2 Å². The molecule has 3 rings (SSSR count). The highest BCUT2D eigenvalue weighted by molar-refractivity contribution is 5.78. The van der Waals surface area contributed by atoms with Crippen molar-refractivity contribution in [1.82, 2.24) is 4.98 Å². The van der Waals surface area contributed by atoms with Gasteiger partial charge in [0.15, 0.2) is 0 Å². The van der Waals surface area contributed by atoms with E-state index in [2.05, 4.69) is 4.98 Å². The maximum atomic E-state index is 12.1. The molecule has 0 saturated heterocycles. The fraction of sp³-hybridized carbons (Fsp3) is 0.400. The van der Waals surface area contributed by atoms with Gasteiger partial charge in [-0.25, -0.2) is 0 Å². The molecular weight excluding hydrogens is 226 g/mol. The van der Waals surface area contributed by atoms with Crippen LogP contribution < -0.4 is 5.56 Å². The van der Waals surface area contributed by atoms with Crippen LogP contribution in [-0.2, 0) is 0 Å². The van der Waals surface area contributed by atoms with Gasteiger partial charge in [0, 0.05) is 11.1 Å². The molecule has 0 radical (unpaired) electrons. The normalized spacial score (nSPS) is 24.3. The van der Waals surface area contributed by atoms with Crippen molar-refractivity contribution < 1.29 is 5.11 Å². The Balaban J connectivity index is 2.01. The molecule has 0 bridgehead atoms. The van der Waals surface area contributed by atoms with Gasteiger partial charge in [-0.1, -0.05) is 18.2 Å². The van der Waals surface area contributed by atoms with Crippen LogP contribution in [0.1, 0.15) is 37.2 Å². The molecule has 2 N–H and O–H groups in total. The standard InChI is InChI=1S/C15H17NO2/c17-12-7-5-10(6-8-12)13-9-11-3-1-2-4-14(11)16-15(13)18/h1-4,9-10,12,17H,5-8H2,(H,16,18). The Hall–Kier alpha value is -1.61. The molecule has 0 atom stereocenters. The fourth-order valence-corrected chi connectivity index (χ4v) is 2.85. The number of benzene rings is 1. The van der Waals surface area contributed by atoms with Gasteiger partial charge in [0.05, 0.1) is 6.10 Å². The molecule has 1 heterocycles. The lowest BCUT2D eigenvalue weighted by atomic mass is 9.83. The molecule has 1 aliphatic carbocycles. The number of rotatable bonds is 1. The summed E-state index contributed by atoms with van der Waals surface area (Å²) >= 11 is 0. The number of aliphatic hydroxyl groups excluding tert-OH is 1. The van der Waals surface area contributed by atoms with E-state index < -0.39 is 0 Å². The summed E-state index contributed by atoms with van der Waals surface area (Å²) in [4.78, 5) is 15.0. The minimum Gasteiger partial charge on any atom is -0.393 e. The van der Waals surface area contributed by atoms with E-state index in [4.69, 9.17) is 0 Å². The van der Waals surface area contributed by atoms with Crippen LogP contribution in [-0.4, -0.2) is 16.2 Å². The maximum absolute atomic E-state index is 12.1. The zero-order valence-electron chi connectivity index (χ0n) is 10.2. The van der Waals surface area contributed by atoms with Crippen LogP contribution in [0.15, 0.2) is 35.1 Å². The summed E-state index contributed by atoms with van der Waals surface area (Å²) in [5.74, 6) is 0.293. The van der Waals surface area contributed by atoms with Gasteiger partial charge in [-0.3, -0.25) is 4.79 Å². The number of aromatic nitrogens is 1. The second-order valence-electron chi connectivity index (χ2n) is 5.15. The van der Waals surface area contributed by atoms with Crippen molar-refractivity contribution >= 4 is 10.9 Å². The largest absolute Gasteiger partial charge is 0.393 e. The molecular formula is C15H17NO2. The number of fused-ring (bicyclic) bond motifs is 1. The van der Waals surface area contributed by atoms with Gasteiger partial charge < -0.3 is 10.1 Å². The Bertz CT molecular complexity index is 609. The minimum atomic E-state index is -0.180. The van der Waals surface area contributed by atoms with Crippen molar-refractivity contribution in [2.75, 3.05) is 0 Å². The Labute approximate surface area is 105 Å². The van der Waals surface area contributed by atoms with Gasteiger partial charge in [-0.05, 0) is 49.1 Å². The van der Waals surface area contributed by atoms with Gasteiger partial charge in [0.2, 0.25) is 0 Å². The second-order valence-corrected chi connectivity index (χ2v) is 5.15. The molecule has 1 saturated carbocycles.